The number of rotatable bonds is 10. The quantitative estimate of drug-likeness (QED) is 0.480. The lowest BCUT2D eigenvalue weighted by atomic mass is 10.2. The zero-order valence-corrected chi connectivity index (χ0v) is 13.7. The Hall–Kier alpha value is -2.09. The van der Waals surface area contributed by atoms with Crippen molar-refractivity contribution in [1.29, 1.82) is 0 Å². The van der Waals surface area contributed by atoms with E-state index in [0.717, 1.165) is 11.3 Å². The normalized spacial score (nSPS) is 13.2. The van der Waals surface area contributed by atoms with Gasteiger partial charge in [0.1, 0.15) is 13.2 Å². The first kappa shape index (κ1) is 18.3. The van der Waals surface area contributed by atoms with Gasteiger partial charge in [0, 0.05) is 19.2 Å². The number of amides is 1. The zero-order chi connectivity index (χ0) is 17.0. The molecule has 7 heteroatoms. The summed E-state index contributed by atoms with van der Waals surface area (Å²) in [6.07, 6.45) is 3.21. The van der Waals surface area contributed by atoms with Gasteiger partial charge in [-0.2, -0.15) is 0 Å². The van der Waals surface area contributed by atoms with Crippen LogP contribution in [0.5, 0.6) is 11.5 Å². The molecule has 7 nitrogen and oxygen atoms in total. The summed E-state index contributed by atoms with van der Waals surface area (Å²) >= 11 is 0. The monoisotopic (exact) mass is 336 g/mol. The van der Waals surface area contributed by atoms with Gasteiger partial charge in [0.2, 0.25) is 5.91 Å². The minimum atomic E-state index is -0.173. The van der Waals surface area contributed by atoms with Crippen molar-refractivity contribution in [3.05, 3.63) is 29.8 Å². The smallest absolute Gasteiger partial charge is 0.244 e. The first-order valence-electron chi connectivity index (χ1n) is 8.00. The maximum atomic E-state index is 11.7. The van der Waals surface area contributed by atoms with Crippen LogP contribution in [0.25, 0.3) is 6.08 Å². The first-order valence-corrected chi connectivity index (χ1v) is 8.00. The highest BCUT2D eigenvalue weighted by molar-refractivity contribution is 5.91. The largest absolute Gasteiger partial charge is 0.486 e. The molecule has 1 aromatic rings. The zero-order valence-electron chi connectivity index (χ0n) is 13.7. The Labute approximate surface area is 141 Å². The van der Waals surface area contributed by atoms with Crippen molar-refractivity contribution in [2.24, 2.45) is 5.73 Å². The molecular weight excluding hydrogens is 312 g/mol. The van der Waals surface area contributed by atoms with Crippen molar-refractivity contribution in [2.45, 2.75) is 0 Å². The molecule has 0 fully saturated rings. The fourth-order valence-corrected chi connectivity index (χ4v) is 2.05. The fraction of sp³-hybridized carbons (Fsp3) is 0.471. The Kier molecular flexibility index (Phi) is 8.09. The molecule has 132 valence electrons. The summed E-state index contributed by atoms with van der Waals surface area (Å²) in [5.74, 6) is 1.26. The van der Waals surface area contributed by atoms with Gasteiger partial charge in [-0.1, -0.05) is 6.07 Å². The predicted octanol–water partition coefficient (Wildman–Crippen LogP) is 0.579. The van der Waals surface area contributed by atoms with Crippen molar-refractivity contribution in [3.63, 3.8) is 0 Å². The third-order valence-electron chi connectivity index (χ3n) is 3.17. The molecule has 0 atom stereocenters. The molecule has 3 N–H and O–H groups in total. The number of hydrogen-bond acceptors (Lipinski definition) is 6. The van der Waals surface area contributed by atoms with Gasteiger partial charge < -0.3 is 30.0 Å². The second kappa shape index (κ2) is 10.6. The summed E-state index contributed by atoms with van der Waals surface area (Å²) in [7, 11) is 0. The number of benzene rings is 1. The summed E-state index contributed by atoms with van der Waals surface area (Å²) in [4.78, 5) is 11.7. The number of ether oxygens (including phenoxy) is 4. The maximum Gasteiger partial charge on any atom is 0.244 e. The van der Waals surface area contributed by atoms with Crippen LogP contribution in [0.15, 0.2) is 24.3 Å². The van der Waals surface area contributed by atoms with Crippen LogP contribution in [-0.2, 0) is 14.3 Å². The van der Waals surface area contributed by atoms with Crippen LogP contribution in [0.1, 0.15) is 5.56 Å². The van der Waals surface area contributed by atoms with E-state index >= 15 is 0 Å². The lowest BCUT2D eigenvalue weighted by Gasteiger charge is -2.18. The molecule has 2 rings (SSSR count). The third-order valence-corrected chi connectivity index (χ3v) is 3.17. The average molecular weight is 336 g/mol. The Morgan fingerprint density at radius 2 is 1.88 bits per heavy atom. The van der Waals surface area contributed by atoms with E-state index in [2.05, 4.69) is 5.32 Å². The number of fused-ring (bicyclic) bond motifs is 1. The maximum absolute atomic E-state index is 11.7. The molecule has 0 radical (unpaired) electrons. The lowest BCUT2D eigenvalue weighted by Crippen LogP contribution is -2.26. The number of hydrogen-bond donors (Lipinski definition) is 2. The molecule has 1 aromatic carbocycles. The predicted molar refractivity (Wildman–Crippen MR) is 90.2 cm³/mol. The van der Waals surface area contributed by atoms with Crippen molar-refractivity contribution >= 4 is 12.0 Å². The third kappa shape index (κ3) is 6.57. The van der Waals surface area contributed by atoms with Crippen molar-refractivity contribution in [3.8, 4) is 11.5 Å². The van der Waals surface area contributed by atoms with E-state index < -0.39 is 0 Å². The molecule has 1 amide bonds. The molecule has 24 heavy (non-hydrogen) atoms. The fourth-order valence-electron chi connectivity index (χ4n) is 2.05. The van der Waals surface area contributed by atoms with Gasteiger partial charge >= 0.3 is 0 Å². The Morgan fingerprint density at radius 3 is 2.67 bits per heavy atom. The van der Waals surface area contributed by atoms with Crippen molar-refractivity contribution in [2.75, 3.05) is 52.7 Å². The van der Waals surface area contributed by atoms with Crippen LogP contribution in [0.4, 0.5) is 0 Å². The van der Waals surface area contributed by atoms with Crippen LogP contribution in [0.2, 0.25) is 0 Å². The van der Waals surface area contributed by atoms with E-state index in [4.69, 9.17) is 24.7 Å². The summed E-state index contributed by atoms with van der Waals surface area (Å²) in [5, 5.41) is 2.75. The highest BCUT2D eigenvalue weighted by Gasteiger charge is 2.10. The topological polar surface area (TPSA) is 92.0 Å². The molecule has 0 spiro atoms. The molecule has 1 aliphatic rings. The molecule has 0 saturated carbocycles. The minimum absolute atomic E-state index is 0.173. The molecule has 1 aliphatic heterocycles. The number of nitrogens with two attached hydrogens (primary N) is 1. The summed E-state index contributed by atoms with van der Waals surface area (Å²) in [6, 6.07) is 5.57. The Morgan fingerprint density at radius 1 is 1.12 bits per heavy atom. The number of nitrogens with one attached hydrogen (secondary N) is 1. The van der Waals surface area contributed by atoms with Gasteiger partial charge in [0.25, 0.3) is 0 Å². The van der Waals surface area contributed by atoms with Gasteiger partial charge in [-0.3, -0.25) is 4.79 Å². The van der Waals surface area contributed by atoms with Crippen LogP contribution >= 0.6 is 0 Å². The van der Waals surface area contributed by atoms with Crippen molar-refractivity contribution < 1.29 is 23.7 Å². The molecule has 1 heterocycles. The van der Waals surface area contributed by atoms with Crippen LogP contribution in [0.3, 0.4) is 0 Å². The summed E-state index contributed by atoms with van der Waals surface area (Å²) in [5.41, 5.74) is 6.17. The second-order valence-corrected chi connectivity index (χ2v) is 5.04. The van der Waals surface area contributed by atoms with E-state index in [1.807, 2.05) is 18.2 Å². The van der Waals surface area contributed by atoms with Gasteiger partial charge in [0.15, 0.2) is 11.5 Å². The summed E-state index contributed by atoms with van der Waals surface area (Å²) < 4.78 is 21.4. The highest BCUT2D eigenvalue weighted by atomic mass is 16.6. The Balaban J connectivity index is 1.62. The van der Waals surface area contributed by atoms with Crippen LogP contribution < -0.4 is 20.5 Å². The first-order chi connectivity index (χ1) is 11.8. The molecule has 0 aliphatic carbocycles. The minimum Gasteiger partial charge on any atom is -0.486 e. The van der Waals surface area contributed by atoms with Crippen LogP contribution in [-0.4, -0.2) is 58.6 Å². The molecule has 0 aromatic heterocycles. The number of carbonyl (C=O) groups excluding carboxylic acids is 1. The highest BCUT2D eigenvalue weighted by Crippen LogP contribution is 2.30. The number of carbonyl (C=O) groups is 1. The van der Waals surface area contributed by atoms with E-state index in [9.17, 15) is 4.79 Å². The van der Waals surface area contributed by atoms with Gasteiger partial charge in [0.05, 0.1) is 26.4 Å². The molecule has 0 saturated heterocycles. The van der Waals surface area contributed by atoms with E-state index in [0.29, 0.717) is 58.5 Å². The SMILES string of the molecule is NCCOCCOCCNC(=O)/C=C/c1ccc2c(c1)OCCO2. The van der Waals surface area contributed by atoms with Gasteiger partial charge in [-0.15, -0.1) is 0 Å². The Bertz CT molecular complexity index is 548. The molecule has 0 unspecified atom stereocenters. The van der Waals surface area contributed by atoms with Gasteiger partial charge in [-0.05, 0) is 23.8 Å². The van der Waals surface area contributed by atoms with Crippen molar-refractivity contribution in [1.82, 2.24) is 5.32 Å². The van der Waals surface area contributed by atoms with E-state index in [1.54, 1.807) is 6.08 Å². The second-order valence-electron chi connectivity index (χ2n) is 5.04. The lowest BCUT2D eigenvalue weighted by molar-refractivity contribution is -0.116. The molecular formula is C17H24N2O5. The van der Waals surface area contributed by atoms with Crippen LogP contribution in [0, 0.1) is 0 Å². The van der Waals surface area contributed by atoms with E-state index in [1.165, 1.54) is 6.08 Å². The summed E-state index contributed by atoms with van der Waals surface area (Å²) in [6.45, 7) is 4.02. The molecule has 0 bridgehead atoms. The van der Waals surface area contributed by atoms with Gasteiger partial charge in [-0.25, -0.2) is 0 Å². The standard InChI is InChI=1S/C17H24N2O5/c18-5-7-21-9-10-22-8-6-19-17(20)4-2-14-1-3-15-16(13-14)24-12-11-23-15/h1-4,13H,5-12,18H2,(H,19,20)/b4-2+. The average Bonchev–Trinajstić information content (AvgIpc) is 2.62. The van der Waals surface area contributed by atoms with E-state index in [-0.39, 0.29) is 5.91 Å².